The summed E-state index contributed by atoms with van der Waals surface area (Å²) in [7, 11) is 0. The highest BCUT2D eigenvalue weighted by Crippen LogP contribution is 2.23. The molecule has 1 aromatic rings. The van der Waals surface area contributed by atoms with Gasteiger partial charge in [0, 0.05) is 0 Å². The van der Waals surface area contributed by atoms with Crippen LogP contribution < -0.4 is 11.4 Å². The van der Waals surface area contributed by atoms with Gasteiger partial charge in [0.2, 0.25) is 0 Å². The van der Waals surface area contributed by atoms with Gasteiger partial charge in [-0.1, -0.05) is 0 Å². The number of hydrogen-bond acceptors (Lipinski definition) is 7. The topological polar surface area (TPSA) is 131 Å². The Morgan fingerprint density at radius 3 is 2.78 bits per heavy atom. The Hall–Kier alpha value is -1.55. The van der Waals surface area contributed by atoms with Gasteiger partial charge in [0.05, 0.1) is 12.8 Å². The molecule has 2 heterocycles. The van der Waals surface area contributed by atoms with E-state index in [1.54, 1.807) is 0 Å². The van der Waals surface area contributed by atoms with E-state index in [1.165, 1.54) is 0 Å². The van der Waals surface area contributed by atoms with Crippen LogP contribution in [0.4, 0.5) is 10.2 Å². The molecule has 0 aromatic carbocycles. The predicted molar refractivity (Wildman–Crippen MR) is 55.9 cm³/mol. The summed E-state index contributed by atoms with van der Waals surface area (Å²) < 4.78 is 18.9. The molecule has 100 valence electrons. The van der Waals surface area contributed by atoms with Crippen LogP contribution in [0.2, 0.25) is 0 Å². The monoisotopic (exact) mass is 261 g/mol. The van der Waals surface area contributed by atoms with Gasteiger partial charge in [-0.05, 0) is 0 Å². The quantitative estimate of drug-likeness (QED) is 0.442. The van der Waals surface area contributed by atoms with Crippen molar-refractivity contribution in [3.63, 3.8) is 0 Å². The first-order valence-corrected chi connectivity index (χ1v) is 5.11. The second-order valence-electron chi connectivity index (χ2n) is 3.94. The van der Waals surface area contributed by atoms with E-state index in [4.69, 9.17) is 10.5 Å². The van der Waals surface area contributed by atoms with E-state index in [9.17, 15) is 24.5 Å². The number of nitrogen functional groups attached to an aromatic ring is 1. The number of nitrogens with two attached hydrogens (primary N) is 1. The molecule has 0 aliphatic carbocycles. The van der Waals surface area contributed by atoms with Crippen LogP contribution in [-0.2, 0) is 4.74 Å². The van der Waals surface area contributed by atoms with Gasteiger partial charge in [-0.3, -0.25) is 4.57 Å². The molecule has 0 spiro atoms. The summed E-state index contributed by atoms with van der Waals surface area (Å²) in [6, 6.07) is 0. The summed E-state index contributed by atoms with van der Waals surface area (Å²) in [6.45, 7) is -0.304. The second-order valence-corrected chi connectivity index (χ2v) is 3.94. The molecule has 0 unspecified atom stereocenters. The van der Waals surface area contributed by atoms with Gasteiger partial charge in [0.15, 0.2) is 17.9 Å². The van der Waals surface area contributed by atoms with E-state index >= 15 is 0 Å². The lowest BCUT2D eigenvalue weighted by atomic mass is 10.0. The van der Waals surface area contributed by atoms with Gasteiger partial charge in [-0.15, -0.1) is 0 Å². The van der Waals surface area contributed by atoms with Crippen LogP contribution in [-0.4, -0.2) is 49.8 Å². The van der Waals surface area contributed by atoms with Gasteiger partial charge in [-0.25, -0.2) is 9.18 Å². The summed E-state index contributed by atoms with van der Waals surface area (Å²) in [4.78, 5) is 14.7. The Labute approximate surface area is 100 Å². The third-order valence-electron chi connectivity index (χ3n) is 2.68. The van der Waals surface area contributed by atoms with E-state index < -0.39 is 41.9 Å². The number of halogens is 1. The van der Waals surface area contributed by atoms with Crippen molar-refractivity contribution in [1.82, 2.24) is 9.55 Å². The number of rotatable bonds is 1. The summed E-state index contributed by atoms with van der Waals surface area (Å²) in [5.41, 5.74) is 4.18. The van der Waals surface area contributed by atoms with Crippen LogP contribution in [0.3, 0.4) is 0 Å². The highest BCUT2D eigenvalue weighted by molar-refractivity contribution is 5.26. The molecule has 1 aliphatic rings. The Balaban J connectivity index is 2.37. The van der Waals surface area contributed by atoms with Crippen molar-refractivity contribution in [2.75, 3.05) is 12.3 Å². The van der Waals surface area contributed by atoms with Crippen molar-refractivity contribution in [3.05, 3.63) is 22.5 Å². The van der Waals surface area contributed by atoms with Gasteiger partial charge >= 0.3 is 5.69 Å². The molecule has 0 bridgehead atoms. The van der Waals surface area contributed by atoms with Crippen molar-refractivity contribution < 1.29 is 24.4 Å². The van der Waals surface area contributed by atoms with Gasteiger partial charge in [-0.2, -0.15) is 4.98 Å². The minimum atomic E-state index is -1.59. The number of anilines is 1. The first kappa shape index (κ1) is 12.9. The molecular weight excluding hydrogens is 249 g/mol. The van der Waals surface area contributed by atoms with Crippen molar-refractivity contribution in [1.29, 1.82) is 0 Å². The molecular formula is C9H12FN3O5. The number of nitrogens with zero attached hydrogens (tertiary/aromatic N) is 2. The average Bonchev–Trinajstić information content (AvgIpc) is 2.32. The van der Waals surface area contributed by atoms with Crippen molar-refractivity contribution in [2.24, 2.45) is 0 Å². The Bertz CT molecular complexity index is 507. The number of hydrogen-bond donors (Lipinski definition) is 4. The Kier molecular flexibility index (Phi) is 3.30. The summed E-state index contributed by atoms with van der Waals surface area (Å²) in [5.74, 6) is -1.52. The number of aliphatic hydroxyl groups is 3. The van der Waals surface area contributed by atoms with Crippen LogP contribution in [0.15, 0.2) is 11.0 Å². The molecule has 1 aromatic heterocycles. The van der Waals surface area contributed by atoms with Crippen LogP contribution in [0.25, 0.3) is 0 Å². The lowest BCUT2D eigenvalue weighted by Crippen LogP contribution is -2.52. The highest BCUT2D eigenvalue weighted by Gasteiger charge is 2.39. The molecule has 9 heteroatoms. The summed E-state index contributed by atoms with van der Waals surface area (Å²) in [6.07, 6.45) is -4.98. The van der Waals surface area contributed by atoms with E-state index in [0.29, 0.717) is 4.57 Å². The standard InChI is InChI=1S/C9H12FN3O5/c10-3-1-13(9(17)12-7(3)11)8-6(16)5(15)4(14)2-18-8/h1,4-6,8,14-16H,2H2,(H2,11,12,17)/t4-,5+,6+,8-/m1/s1. The maximum absolute atomic E-state index is 13.2. The van der Waals surface area contributed by atoms with Gasteiger partial charge in [0.25, 0.3) is 0 Å². The lowest BCUT2D eigenvalue weighted by molar-refractivity contribution is -0.212. The minimum Gasteiger partial charge on any atom is -0.388 e. The average molecular weight is 261 g/mol. The van der Waals surface area contributed by atoms with Crippen LogP contribution in [0.5, 0.6) is 0 Å². The predicted octanol–water partition coefficient (Wildman–Crippen LogP) is -2.42. The van der Waals surface area contributed by atoms with Gasteiger partial charge < -0.3 is 25.8 Å². The van der Waals surface area contributed by atoms with E-state index in [1.807, 2.05) is 0 Å². The minimum absolute atomic E-state index is 0.304. The van der Waals surface area contributed by atoms with Crippen LogP contribution in [0, 0.1) is 5.82 Å². The molecule has 0 amide bonds. The maximum atomic E-state index is 13.2. The zero-order valence-corrected chi connectivity index (χ0v) is 9.10. The molecule has 0 saturated carbocycles. The van der Waals surface area contributed by atoms with Crippen molar-refractivity contribution in [2.45, 2.75) is 24.5 Å². The number of aliphatic hydroxyl groups excluding tert-OH is 3. The SMILES string of the molecule is Nc1nc(=O)n([C@@H]2OC[C@@H](O)[C@H](O)[C@@H]2O)cc1F. The fraction of sp³-hybridized carbons (Fsp3) is 0.556. The van der Waals surface area contributed by atoms with E-state index in [2.05, 4.69) is 4.98 Å². The second kappa shape index (κ2) is 4.61. The zero-order chi connectivity index (χ0) is 13.4. The van der Waals surface area contributed by atoms with Crippen molar-refractivity contribution >= 4 is 5.82 Å². The van der Waals surface area contributed by atoms with E-state index in [-0.39, 0.29) is 6.61 Å². The summed E-state index contributed by atoms with van der Waals surface area (Å²) >= 11 is 0. The highest BCUT2D eigenvalue weighted by atomic mass is 19.1. The first-order chi connectivity index (χ1) is 8.41. The van der Waals surface area contributed by atoms with E-state index in [0.717, 1.165) is 6.20 Å². The fourth-order valence-electron chi connectivity index (χ4n) is 1.68. The largest absolute Gasteiger partial charge is 0.388 e. The molecule has 4 atom stereocenters. The smallest absolute Gasteiger partial charge is 0.351 e. The summed E-state index contributed by atoms with van der Waals surface area (Å²) in [5, 5.41) is 28.4. The van der Waals surface area contributed by atoms with Crippen molar-refractivity contribution in [3.8, 4) is 0 Å². The maximum Gasteiger partial charge on any atom is 0.351 e. The van der Waals surface area contributed by atoms with Gasteiger partial charge in [0.1, 0.15) is 18.3 Å². The molecule has 1 fully saturated rings. The fourth-order valence-corrected chi connectivity index (χ4v) is 1.68. The molecule has 0 radical (unpaired) electrons. The molecule has 5 N–H and O–H groups in total. The molecule has 18 heavy (non-hydrogen) atoms. The molecule has 8 nitrogen and oxygen atoms in total. The zero-order valence-electron chi connectivity index (χ0n) is 9.10. The number of ether oxygens (including phenoxy) is 1. The lowest BCUT2D eigenvalue weighted by Gasteiger charge is -2.35. The first-order valence-electron chi connectivity index (χ1n) is 5.11. The van der Waals surface area contributed by atoms with Crippen LogP contribution >= 0.6 is 0 Å². The molecule has 2 rings (SSSR count). The Morgan fingerprint density at radius 1 is 1.44 bits per heavy atom. The third-order valence-corrected chi connectivity index (χ3v) is 2.68. The number of aromatic nitrogens is 2. The molecule has 1 saturated heterocycles. The Morgan fingerprint density at radius 2 is 2.11 bits per heavy atom. The van der Waals surface area contributed by atoms with Crippen LogP contribution in [0.1, 0.15) is 6.23 Å². The normalized spacial score (nSPS) is 32.4. The molecule has 1 aliphatic heterocycles. The third kappa shape index (κ3) is 2.08.